The number of rotatable bonds is 5. The fourth-order valence-electron chi connectivity index (χ4n) is 3.31. The number of amidine groups is 2. The van der Waals surface area contributed by atoms with Crippen LogP contribution in [-0.4, -0.2) is 42.6 Å². The van der Waals surface area contributed by atoms with Crippen LogP contribution in [0.4, 0.5) is 5.69 Å². The molecule has 1 saturated heterocycles. The quantitative estimate of drug-likeness (QED) is 0.440. The van der Waals surface area contributed by atoms with Crippen LogP contribution in [0.5, 0.6) is 5.75 Å². The highest BCUT2D eigenvalue weighted by Gasteiger charge is 2.32. The highest BCUT2D eigenvalue weighted by Crippen LogP contribution is 2.42. The van der Waals surface area contributed by atoms with Crippen molar-refractivity contribution in [3.63, 3.8) is 0 Å². The number of sulfonamides is 1. The van der Waals surface area contributed by atoms with Crippen LogP contribution in [0.3, 0.4) is 0 Å². The fourth-order valence-corrected chi connectivity index (χ4v) is 7.34. The van der Waals surface area contributed by atoms with E-state index >= 15 is 0 Å². The second kappa shape index (κ2) is 8.89. The summed E-state index contributed by atoms with van der Waals surface area (Å²) in [4.78, 5) is 11.0. The summed E-state index contributed by atoms with van der Waals surface area (Å²) in [6, 6.07) is 3.84. The molecule has 3 rings (SSSR count). The van der Waals surface area contributed by atoms with Crippen LogP contribution in [0.1, 0.15) is 49.4 Å². The maximum Gasteiger partial charge on any atom is 0.256 e. The van der Waals surface area contributed by atoms with E-state index < -0.39 is 15.8 Å². The Balaban J connectivity index is 1.91. The van der Waals surface area contributed by atoms with Gasteiger partial charge in [-0.3, -0.25) is 4.99 Å². The summed E-state index contributed by atoms with van der Waals surface area (Å²) >= 11 is 2.57. The van der Waals surface area contributed by atoms with Crippen molar-refractivity contribution in [3.05, 3.63) is 27.3 Å². The minimum atomic E-state index is -3.74. The van der Waals surface area contributed by atoms with E-state index in [4.69, 9.17) is 11.5 Å². The van der Waals surface area contributed by atoms with Gasteiger partial charge >= 0.3 is 0 Å². The molecule has 31 heavy (non-hydrogen) atoms. The minimum absolute atomic E-state index is 0.0422. The van der Waals surface area contributed by atoms with Gasteiger partial charge in [-0.1, -0.05) is 20.8 Å². The van der Waals surface area contributed by atoms with Crippen LogP contribution in [0.15, 0.2) is 31.7 Å². The lowest BCUT2D eigenvalue weighted by atomic mass is 9.86. The molecule has 0 unspecified atom stereocenters. The summed E-state index contributed by atoms with van der Waals surface area (Å²) in [6.45, 7) is 9.14. The van der Waals surface area contributed by atoms with Crippen molar-refractivity contribution in [3.8, 4) is 5.75 Å². The van der Waals surface area contributed by atoms with Gasteiger partial charge in [0.15, 0.2) is 21.6 Å². The second-order valence-electron chi connectivity index (χ2n) is 8.60. The van der Waals surface area contributed by atoms with Crippen molar-refractivity contribution >= 4 is 50.1 Å². The standard InChI is InChI=1S/C20H29N5O3S3/c1-12-7-8-14(30-12)16(20(2,3)4)24-18(22)17(21)23-13-11-29-19(15(13)26)31(27,28)25-9-5-6-10-25/h7-8,11,16,26H,5-6,9-10H2,1-4H3,(H2,21,23)(H2,22,24)/t16-/m0/s1. The summed E-state index contributed by atoms with van der Waals surface area (Å²) < 4.78 is 26.8. The summed E-state index contributed by atoms with van der Waals surface area (Å²) in [6.07, 6.45) is 1.63. The van der Waals surface area contributed by atoms with Gasteiger partial charge in [-0.2, -0.15) is 4.31 Å². The van der Waals surface area contributed by atoms with Crippen LogP contribution in [0, 0.1) is 12.3 Å². The Morgan fingerprint density at radius 1 is 1.19 bits per heavy atom. The molecule has 11 heteroatoms. The first-order chi connectivity index (χ1) is 14.4. The van der Waals surface area contributed by atoms with Crippen molar-refractivity contribution in [2.45, 2.75) is 50.8 Å². The normalized spacial score (nSPS) is 17.9. The predicted octanol–water partition coefficient (Wildman–Crippen LogP) is 3.74. The van der Waals surface area contributed by atoms with E-state index in [9.17, 15) is 13.5 Å². The number of aromatic hydroxyl groups is 1. The van der Waals surface area contributed by atoms with Crippen molar-refractivity contribution in [1.82, 2.24) is 4.31 Å². The van der Waals surface area contributed by atoms with Crippen molar-refractivity contribution in [2.24, 2.45) is 26.9 Å². The third-order valence-electron chi connectivity index (χ3n) is 4.98. The molecule has 2 aromatic heterocycles. The highest BCUT2D eigenvalue weighted by molar-refractivity contribution is 7.91. The van der Waals surface area contributed by atoms with E-state index in [-0.39, 0.29) is 33.0 Å². The average Bonchev–Trinajstić information content (AvgIpc) is 3.41. The molecule has 5 N–H and O–H groups in total. The Kier molecular flexibility index (Phi) is 6.80. The lowest BCUT2D eigenvalue weighted by molar-refractivity contribution is 0.333. The average molecular weight is 484 g/mol. The number of aryl methyl sites for hydroxylation is 1. The molecule has 0 amide bonds. The number of nitrogens with two attached hydrogens (primary N) is 2. The first kappa shape index (κ1) is 23.7. The van der Waals surface area contributed by atoms with E-state index in [1.807, 2.05) is 19.1 Å². The van der Waals surface area contributed by atoms with Gasteiger partial charge in [-0.25, -0.2) is 13.4 Å². The van der Waals surface area contributed by atoms with Crippen LogP contribution in [0.2, 0.25) is 0 Å². The monoisotopic (exact) mass is 483 g/mol. The largest absolute Gasteiger partial charge is 0.504 e. The molecule has 0 aliphatic carbocycles. The third-order valence-corrected chi connectivity index (χ3v) is 9.40. The Morgan fingerprint density at radius 2 is 1.84 bits per heavy atom. The van der Waals surface area contributed by atoms with Crippen LogP contribution in [0.25, 0.3) is 0 Å². The lowest BCUT2D eigenvalue weighted by Gasteiger charge is -2.26. The third kappa shape index (κ3) is 5.11. The van der Waals surface area contributed by atoms with Gasteiger partial charge in [0, 0.05) is 28.2 Å². The Bertz CT molecular complexity index is 1100. The molecule has 0 aromatic carbocycles. The fraction of sp³-hybridized carbons (Fsp3) is 0.500. The topological polar surface area (TPSA) is 134 Å². The SMILES string of the molecule is Cc1ccc([C@H](N=C(N)C(N)=Nc2csc(S(=O)(=O)N3CCCC3)c2O)C(C)(C)C)s1. The second-order valence-corrected chi connectivity index (χ2v) is 12.9. The zero-order chi connectivity index (χ0) is 23.0. The smallest absolute Gasteiger partial charge is 0.256 e. The molecule has 0 radical (unpaired) electrons. The molecule has 170 valence electrons. The van der Waals surface area contributed by atoms with E-state index in [2.05, 4.69) is 30.8 Å². The minimum Gasteiger partial charge on any atom is -0.504 e. The van der Waals surface area contributed by atoms with E-state index in [1.165, 1.54) is 14.6 Å². The molecule has 0 spiro atoms. The van der Waals surface area contributed by atoms with Gasteiger partial charge in [0.25, 0.3) is 10.0 Å². The van der Waals surface area contributed by atoms with Crippen molar-refractivity contribution in [2.75, 3.05) is 13.1 Å². The maximum atomic E-state index is 12.8. The van der Waals surface area contributed by atoms with Gasteiger partial charge < -0.3 is 16.6 Å². The predicted molar refractivity (Wildman–Crippen MR) is 128 cm³/mol. The molecular formula is C20H29N5O3S3. The summed E-state index contributed by atoms with van der Waals surface area (Å²) in [5.41, 5.74) is 12.1. The van der Waals surface area contributed by atoms with Gasteiger partial charge in [-0.05, 0) is 37.3 Å². The zero-order valence-electron chi connectivity index (χ0n) is 18.1. The molecule has 3 heterocycles. The number of aliphatic imine (C=N–C) groups is 2. The van der Waals surface area contributed by atoms with E-state index in [1.54, 1.807) is 11.3 Å². The Hall–Kier alpha value is -1.95. The molecule has 0 saturated carbocycles. The van der Waals surface area contributed by atoms with Crippen molar-refractivity contribution < 1.29 is 13.5 Å². The lowest BCUT2D eigenvalue weighted by Crippen LogP contribution is -2.33. The molecule has 1 aliphatic rings. The Morgan fingerprint density at radius 3 is 2.39 bits per heavy atom. The van der Waals surface area contributed by atoms with E-state index in [0.717, 1.165) is 29.1 Å². The summed E-state index contributed by atoms with van der Waals surface area (Å²) in [7, 11) is -3.74. The van der Waals surface area contributed by atoms with Gasteiger partial charge in [0.2, 0.25) is 0 Å². The van der Waals surface area contributed by atoms with Gasteiger partial charge in [-0.15, -0.1) is 22.7 Å². The van der Waals surface area contributed by atoms with Crippen LogP contribution < -0.4 is 11.5 Å². The molecule has 0 bridgehead atoms. The first-order valence-electron chi connectivity index (χ1n) is 9.96. The maximum absolute atomic E-state index is 12.8. The van der Waals surface area contributed by atoms with Gasteiger partial charge in [0.1, 0.15) is 5.69 Å². The first-order valence-corrected chi connectivity index (χ1v) is 13.1. The zero-order valence-corrected chi connectivity index (χ0v) is 20.6. The number of thiophene rings is 2. The highest BCUT2D eigenvalue weighted by atomic mass is 32.2. The molecule has 1 fully saturated rings. The summed E-state index contributed by atoms with van der Waals surface area (Å²) in [5, 5.41) is 12.0. The number of hydrogen-bond donors (Lipinski definition) is 3. The molecule has 1 aliphatic heterocycles. The molecule has 8 nitrogen and oxygen atoms in total. The van der Waals surface area contributed by atoms with Crippen molar-refractivity contribution in [1.29, 1.82) is 0 Å². The molecule has 1 atom stereocenters. The molecular weight excluding hydrogens is 454 g/mol. The Labute approximate surface area is 191 Å². The molecule has 2 aromatic rings. The van der Waals surface area contributed by atoms with Crippen LogP contribution in [-0.2, 0) is 10.0 Å². The summed E-state index contributed by atoms with van der Waals surface area (Å²) in [5.74, 6) is -0.435. The van der Waals surface area contributed by atoms with Crippen LogP contribution >= 0.6 is 22.7 Å². The number of nitrogens with zero attached hydrogens (tertiary/aromatic N) is 3. The van der Waals surface area contributed by atoms with E-state index in [0.29, 0.717) is 13.1 Å². The number of hydrogen-bond acceptors (Lipinski definition) is 7. The van der Waals surface area contributed by atoms with Gasteiger partial charge in [0.05, 0.1) is 6.04 Å².